The van der Waals surface area contributed by atoms with Gasteiger partial charge in [0.05, 0.1) is 28.5 Å². The number of hydrogen-bond donors (Lipinski definition) is 2. The van der Waals surface area contributed by atoms with Gasteiger partial charge >= 0.3 is 6.01 Å². The van der Waals surface area contributed by atoms with Crippen LogP contribution in [0.1, 0.15) is 74.0 Å². The molecule has 298 valence electrons. The number of amides is 2. The van der Waals surface area contributed by atoms with Gasteiger partial charge in [0.15, 0.2) is 0 Å². The average Bonchev–Trinajstić information content (AvgIpc) is 4.15. The molecule has 2 aliphatic carbocycles. The second-order valence-corrected chi connectivity index (χ2v) is 16.3. The molecule has 2 N–H and O–H groups in total. The average molecular weight is 778 g/mol. The highest BCUT2D eigenvalue weighted by molar-refractivity contribution is 5.98. The van der Waals surface area contributed by atoms with Gasteiger partial charge in [-0.2, -0.15) is 4.98 Å². The molecule has 0 spiro atoms. The number of nitrogens with zero attached hydrogens (tertiary/aromatic N) is 5. The Hall–Kier alpha value is -5.91. The van der Waals surface area contributed by atoms with Crippen molar-refractivity contribution in [2.75, 3.05) is 54.5 Å². The zero-order chi connectivity index (χ0) is 40.6. The van der Waals surface area contributed by atoms with E-state index in [0.717, 1.165) is 64.0 Å². The number of rotatable bonds is 15. The second-order valence-electron chi connectivity index (χ2n) is 16.3. The van der Waals surface area contributed by atoms with Crippen LogP contribution >= 0.6 is 0 Å². The number of likely N-dealkylation sites (N-methyl/N-ethyl adjacent to an activating group) is 2. The predicted octanol–water partition coefficient (Wildman–Crippen LogP) is 6.91. The largest absolute Gasteiger partial charge is 0.491 e. The fraction of sp³-hybridized carbons (Fsp3) is 0.340. The summed E-state index contributed by atoms with van der Waals surface area (Å²) in [7, 11) is 7.93. The fourth-order valence-corrected chi connectivity index (χ4v) is 8.07. The molecule has 0 bridgehead atoms. The van der Waals surface area contributed by atoms with Crippen LogP contribution in [0.25, 0.3) is 21.5 Å². The molecule has 2 aliphatic rings. The number of nitrogens with one attached hydrogen (secondary N) is 2. The number of carbonyl (C=O) groups is 2. The van der Waals surface area contributed by atoms with Crippen molar-refractivity contribution in [2.24, 2.45) is 0 Å². The highest BCUT2D eigenvalue weighted by atomic mass is 16.5. The van der Waals surface area contributed by atoms with Gasteiger partial charge in [-0.05, 0) is 111 Å². The van der Waals surface area contributed by atoms with Crippen LogP contribution in [0.5, 0.6) is 11.8 Å². The molecular formula is C47H51N7O4. The van der Waals surface area contributed by atoms with E-state index in [-0.39, 0.29) is 23.7 Å². The highest BCUT2D eigenvalue weighted by Gasteiger charge is 2.58. The molecule has 0 saturated heterocycles. The molecule has 2 atom stereocenters. The van der Waals surface area contributed by atoms with E-state index in [2.05, 4.69) is 98.4 Å². The second kappa shape index (κ2) is 15.8. The standard InChI is InChI=1S/C47H51N7O4/c1-30-28-49-45(58-24-22-54(5)6)50-42(30)44(56)51-46(19-20-46)39-15-10-13-33-25-34(17-18-37(33)39)41-27-47(41,40-16-9-12-32-11-7-8-14-36(32)40)52-43(55)38-26-35(29-48-31(38)2)57-23-21-53(3)4/h7-18,25-26,28-29,41H,19-24,27H2,1-6H3,(H,51,56)(H,52,55). The van der Waals surface area contributed by atoms with E-state index in [1.54, 1.807) is 18.5 Å². The van der Waals surface area contributed by atoms with Gasteiger partial charge in [0.1, 0.15) is 24.7 Å². The van der Waals surface area contributed by atoms with Crippen molar-refractivity contribution < 1.29 is 19.1 Å². The van der Waals surface area contributed by atoms with Crippen molar-refractivity contribution in [3.8, 4) is 11.8 Å². The lowest BCUT2D eigenvalue weighted by Gasteiger charge is -2.24. The maximum Gasteiger partial charge on any atom is 0.317 e. The molecule has 11 nitrogen and oxygen atoms in total. The Balaban J connectivity index is 1.08. The van der Waals surface area contributed by atoms with E-state index in [1.807, 2.05) is 57.9 Å². The van der Waals surface area contributed by atoms with E-state index >= 15 is 0 Å². The molecule has 2 amide bonds. The number of ether oxygens (including phenoxy) is 2. The summed E-state index contributed by atoms with van der Waals surface area (Å²) in [6.07, 6.45) is 5.71. The van der Waals surface area contributed by atoms with Crippen LogP contribution in [-0.4, -0.2) is 91.1 Å². The van der Waals surface area contributed by atoms with Crippen LogP contribution in [-0.2, 0) is 11.1 Å². The van der Waals surface area contributed by atoms with Gasteiger partial charge in [-0.15, -0.1) is 0 Å². The molecule has 2 fully saturated rings. The van der Waals surface area contributed by atoms with Crippen LogP contribution in [0, 0.1) is 13.8 Å². The van der Waals surface area contributed by atoms with Crippen molar-refractivity contribution in [1.29, 1.82) is 0 Å². The summed E-state index contributed by atoms with van der Waals surface area (Å²) in [6, 6.07) is 29.6. The summed E-state index contributed by atoms with van der Waals surface area (Å²) in [6.45, 7) is 6.08. The Labute approximate surface area is 339 Å². The van der Waals surface area contributed by atoms with Crippen LogP contribution in [0.4, 0.5) is 0 Å². The van der Waals surface area contributed by atoms with E-state index in [9.17, 15) is 9.59 Å². The number of carbonyl (C=O) groups excluding carboxylic acids is 2. The third-order valence-corrected chi connectivity index (χ3v) is 11.5. The van der Waals surface area contributed by atoms with Crippen LogP contribution in [0.3, 0.4) is 0 Å². The predicted molar refractivity (Wildman–Crippen MR) is 227 cm³/mol. The Morgan fingerprint density at radius 2 is 1.43 bits per heavy atom. The summed E-state index contributed by atoms with van der Waals surface area (Å²) < 4.78 is 11.7. The Morgan fingerprint density at radius 1 is 0.741 bits per heavy atom. The van der Waals surface area contributed by atoms with Gasteiger partial charge in [-0.3, -0.25) is 14.6 Å². The molecule has 8 rings (SSSR count). The molecule has 0 radical (unpaired) electrons. The quantitative estimate of drug-likeness (QED) is 0.115. The minimum absolute atomic E-state index is 0.0209. The molecule has 58 heavy (non-hydrogen) atoms. The molecule has 2 aromatic heterocycles. The van der Waals surface area contributed by atoms with Crippen LogP contribution in [0.15, 0.2) is 97.3 Å². The molecule has 6 aromatic rings. The van der Waals surface area contributed by atoms with Crippen molar-refractivity contribution >= 4 is 33.4 Å². The number of fused-ring (bicyclic) bond motifs is 2. The summed E-state index contributed by atoms with van der Waals surface area (Å²) in [5.41, 5.74) is 4.32. The lowest BCUT2D eigenvalue weighted by Crippen LogP contribution is -2.37. The summed E-state index contributed by atoms with van der Waals surface area (Å²) >= 11 is 0. The molecular weight excluding hydrogens is 727 g/mol. The number of aryl methyl sites for hydroxylation is 2. The van der Waals surface area contributed by atoms with Crippen molar-refractivity contribution in [2.45, 2.75) is 50.1 Å². The van der Waals surface area contributed by atoms with E-state index in [0.29, 0.717) is 48.0 Å². The maximum atomic E-state index is 14.4. The number of benzene rings is 4. The van der Waals surface area contributed by atoms with E-state index in [4.69, 9.17) is 9.47 Å². The SMILES string of the molecule is Cc1cnc(OCCN(C)C)nc1C(=O)NC1(c2cccc3cc(C4CC4(NC(=O)c4cc(OCCN(C)C)cnc4C)c4cccc5ccccc45)ccc23)CC1. The smallest absolute Gasteiger partial charge is 0.317 e. The first-order valence-electron chi connectivity index (χ1n) is 20.0. The molecule has 0 aliphatic heterocycles. The number of hydrogen-bond acceptors (Lipinski definition) is 9. The lowest BCUT2D eigenvalue weighted by molar-refractivity contribution is 0.0917. The minimum Gasteiger partial charge on any atom is -0.491 e. The summed E-state index contributed by atoms with van der Waals surface area (Å²) in [5, 5.41) is 11.3. The van der Waals surface area contributed by atoms with Crippen molar-refractivity contribution in [3.05, 3.63) is 137 Å². The third-order valence-electron chi connectivity index (χ3n) is 11.5. The fourth-order valence-electron chi connectivity index (χ4n) is 8.07. The Bertz CT molecular complexity index is 2510. The Kier molecular flexibility index (Phi) is 10.6. The molecule has 2 unspecified atom stereocenters. The first kappa shape index (κ1) is 38.9. The molecule has 2 saturated carbocycles. The molecule has 11 heteroatoms. The Morgan fingerprint density at radius 3 is 2.19 bits per heavy atom. The van der Waals surface area contributed by atoms with Crippen LogP contribution in [0.2, 0.25) is 0 Å². The van der Waals surface area contributed by atoms with E-state index in [1.165, 1.54) is 0 Å². The first-order chi connectivity index (χ1) is 28.0. The van der Waals surface area contributed by atoms with Crippen molar-refractivity contribution in [1.82, 2.24) is 35.4 Å². The van der Waals surface area contributed by atoms with Gasteiger partial charge in [-0.25, -0.2) is 4.98 Å². The van der Waals surface area contributed by atoms with Gasteiger partial charge in [0.25, 0.3) is 11.8 Å². The van der Waals surface area contributed by atoms with Crippen LogP contribution < -0.4 is 20.1 Å². The minimum atomic E-state index is -0.645. The van der Waals surface area contributed by atoms with E-state index < -0.39 is 11.1 Å². The highest BCUT2D eigenvalue weighted by Crippen LogP contribution is 2.60. The number of pyridine rings is 1. The number of aromatic nitrogens is 3. The first-order valence-corrected chi connectivity index (χ1v) is 20.0. The van der Waals surface area contributed by atoms with Crippen molar-refractivity contribution in [3.63, 3.8) is 0 Å². The maximum absolute atomic E-state index is 14.4. The molecule has 4 aromatic carbocycles. The summed E-state index contributed by atoms with van der Waals surface area (Å²) in [4.78, 5) is 45.5. The zero-order valence-corrected chi connectivity index (χ0v) is 34.1. The zero-order valence-electron chi connectivity index (χ0n) is 34.1. The normalized spacial score (nSPS) is 18.0. The van der Waals surface area contributed by atoms with Gasteiger partial charge < -0.3 is 29.9 Å². The van der Waals surface area contributed by atoms with Gasteiger partial charge in [0, 0.05) is 25.2 Å². The summed E-state index contributed by atoms with van der Waals surface area (Å²) in [5.74, 6) is 0.167. The molecule has 2 heterocycles. The van der Waals surface area contributed by atoms with Gasteiger partial charge in [-0.1, -0.05) is 78.9 Å². The third kappa shape index (κ3) is 7.84. The lowest BCUT2D eigenvalue weighted by atomic mass is 9.91. The topological polar surface area (TPSA) is 122 Å². The van der Waals surface area contributed by atoms with Gasteiger partial charge in [0.2, 0.25) is 0 Å². The monoisotopic (exact) mass is 777 g/mol.